The average Bonchev–Trinajstić information content (AvgIpc) is 2.68. The SMILES string of the molecule is CCNc1nc(C)cc(Nc2ccc(NS(=O)(=O)c3ccccc3C(F)(F)F)cc2)n1. The van der Waals surface area contributed by atoms with E-state index in [1.807, 2.05) is 13.8 Å². The molecule has 3 rings (SSSR count). The zero-order valence-corrected chi connectivity index (χ0v) is 17.5. The van der Waals surface area contributed by atoms with Crippen LogP contribution in [-0.4, -0.2) is 24.9 Å². The van der Waals surface area contributed by atoms with Crippen LogP contribution in [0.1, 0.15) is 18.2 Å². The lowest BCUT2D eigenvalue weighted by molar-refractivity contribution is -0.139. The Kier molecular flexibility index (Phi) is 6.34. The largest absolute Gasteiger partial charge is 0.417 e. The van der Waals surface area contributed by atoms with Crippen LogP contribution in [0, 0.1) is 6.92 Å². The number of nitrogens with one attached hydrogen (secondary N) is 3. The highest BCUT2D eigenvalue weighted by Crippen LogP contribution is 2.34. The zero-order chi connectivity index (χ0) is 22.6. The highest BCUT2D eigenvalue weighted by molar-refractivity contribution is 7.92. The Balaban J connectivity index is 1.79. The van der Waals surface area contributed by atoms with E-state index in [1.165, 1.54) is 18.2 Å². The molecule has 3 N–H and O–H groups in total. The van der Waals surface area contributed by atoms with Crippen LogP contribution in [0.4, 0.5) is 36.3 Å². The van der Waals surface area contributed by atoms with Crippen molar-refractivity contribution >= 4 is 33.2 Å². The molecule has 0 saturated carbocycles. The number of alkyl halides is 3. The summed E-state index contributed by atoms with van der Waals surface area (Å²) in [7, 11) is -4.44. The molecule has 0 radical (unpaired) electrons. The maximum Gasteiger partial charge on any atom is 0.417 e. The van der Waals surface area contributed by atoms with Gasteiger partial charge in [0.2, 0.25) is 5.95 Å². The Morgan fingerprint density at radius 3 is 2.26 bits per heavy atom. The third-order valence-electron chi connectivity index (χ3n) is 4.08. The number of hydrogen-bond donors (Lipinski definition) is 3. The van der Waals surface area contributed by atoms with Crippen LogP contribution in [0.3, 0.4) is 0 Å². The lowest BCUT2D eigenvalue weighted by Gasteiger charge is -2.14. The van der Waals surface area contributed by atoms with Gasteiger partial charge in [0.25, 0.3) is 10.0 Å². The van der Waals surface area contributed by atoms with Gasteiger partial charge in [0.1, 0.15) is 5.82 Å². The van der Waals surface area contributed by atoms with Crippen LogP contribution >= 0.6 is 0 Å². The topological polar surface area (TPSA) is 96.0 Å². The molecule has 1 heterocycles. The number of aryl methyl sites for hydroxylation is 1. The van der Waals surface area contributed by atoms with Crippen LogP contribution < -0.4 is 15.4 Å². The van der Waals surface area contributed by atoms with Gasteiger partial charge in [-0.25, -0.2) is 13.4 Å². The highest BCUT2D eigenvalue weighted by atomic mass is 32.2. The molecule has 0 aliphatic carbocycles. The standard InChI is InChI=1S/C20H20F3N5O2S/c1-3-24-19-25-13(2)12-18(27-19)26-14-8-10-15(11-9-14)28-31(29,30)17-7-5-4-6-16(17)20(21,22)23/h4-12,28H,3H2,1-2H3,(H2,24,25,26,27). The second kappa shape index (κ2) is 8.80. The molecule has 164 valence electrons. The van der Waals surface area contributed by atoms with Crippen molar-refractivity contribution in [3.63, 3.8) is 0 Å². The molecule has 0 bridgehead atoms. The molecule has 7 nitrogen and oxygen atoms in total. The van der Waals surface area contributed by atoms with Crippen LogP contribution in [0.5, 0.6) is 0 Å². The maximum atomic E-state index is 13.2. The van der Waals surface area contributed by atoms with E-state index >= 15 is 0 Å². The minimum Gasteiger partial charge on any atom is -0.354 e. The number of rotatable bonds is 7. The smallest absolute Gasteiger partial charge is 0.354 e. The van der Waals surface area contributed by atoms with Crippen molar-refractivity contribution in [2.24, 2.45) is 0 Å². The first kappa shape index (κ1) is 22.3. The summed E-state index contributed by atoms with van der Waals surface area (Å²) in [5.74, 6) is 1.01. The van der Waals surface area contributed by atoms with Crippen molar-refractivity contribution < 1.29 is 21.6 Å². The van der Waals surface area contributed by atoms with E-state index in [2.05, 4.69) is 25.3 Å². The Morgan fingerprint density at radius 1 is 0.968 bits per heavy atom. The van der Waals surface area contributed by atoms with Gasteiger partial charge in [-0.3, -0.25) is 4.72 Å². The molecule has 0 atom stereocenters. The summed E-state index contributed by atoms with van der Waals surface area (Å²) in [4.78, 5) is 7.74. The van der Waals surface area contributed by atoms with Crippen molar-refractivity contribution in [1.29, 1.82) is 0 Å². The number of halogens is 3. The van der Waals surface area contributed by atoms with E-state index in [1.54, 1.807) is 18.2 Å². The van der Waals surface area contributed by atoms with Gasteiger partial charge in [0.15, 0.2) is 0 Å². The van der Waals surface area contributed by atoms with E-state index in [4.69, 9.17) is 0 Å². The van der Waals surface area contributed by atoms with Gasteiger partial charge < -0.3 is 10.6 Å². The van der Waals surface area contributed by atoms with Gasteiger partial charge in [-0.1, -0.05) is 12.1 Å². The molecule has 2 aromatic carbocycles. The molecule has 3 aromatic rings. The fourth-order valence-corrected chi connectivity index (χ4v) is 4.07. The minimum atomic E-state index is -4.79. The molecule has 11 heteroatoms. The first-order chi connectivity index (χ1) is 14.6. The fourth-order valence-electron chi connectivity index (χ4n) is 2.78. The number of anilines is 4. The van der Waals surface area contributed by atoms with Crippen LogP contribution in [-0.2, 0) is 16.2 Å². The van der Waals surface area contributed by atoms with Gasteiger partial charge in [0.05, 0.1) is 10.5 Å². The number of nitrogens with zero attached hydrogens (tertiary/aromatic N) is 2. The average molecular weight is 451 g/mol. The van der Waals surface area contributed by atoms with Crippen LogP contribution in [0.25, 0.3) is 0 Å². The molecule has 31 heavy (non-hydrogen) atoms. The van der Waals surface area contributed by atoms with E-state index < -0.39 is 26.7 Å². The number of benzene rings is 2. The lowest BCUT2D eigenvalue weighted by Crippen LogP contribution is -2.18. The number of aromatic nitrogens is 2. The van der Waals surface area contributed by atoms with E-state index in [9.17, 15) is 21.6 Å². The van der Waals surface area contributed by atoms with E-state index in [0.29, 0.717) is 24.0 Å². The van der Waals surface area contributed by atoms with Crippen molar-refractivity contribution in [2.75, 3.05) is 21.9 Å². The van der Waals surface area contributed by atoms with Gasteiger partial charge >= 0.3 is 6.18 Å². The van der Waals surface area contributed by atoms with E-state index in [-0.39, 0.29) is 5.69 Å². The normalized spacial score (nSPS) is 11.8. The summed E-state index contributed by atoms with van der Waals surface area (Å²) in [6.45, 7) is 4.41. The lowest BCUT2D eigenvalue weighted by atomic mass is 10.2. The first-order valence-corrected chi connectivity index (χ1v) is 10.7. The molecule has 0 saturated heterocycles. The first-order valence-electron chi connectivity index (χ1n) is 9.24. The summed E-state index contributed by atoms with van der Waals surface area (Å²) in [6.07, 6.45) is -4.79. The third kappa shape index (κ3) is 5.63. The Labute approximate surface area is 177 Å². The molecule has 0 aliphatic rings. The Hall–Kier alpha value is -3.34. The summed E-state index contributed by atoms with van der Waals surface area (Å²) < 4.78 is 66.7. The molecule has 0 spiro atoms. The summed E-state index contributed by atoms with van der Waals surface area (Å²) in [5, 5.41) is 6.10. The highest BCUT2D eigenvalue weighted by Gasteiger charge is 2.36. The van der Waals surface area contributed by atoms with Crippen molar-refractivity contribution in [3.05, 3.63) is 65.9 Å². The van der Waals surface area contributed by atoms with Crippen molar-refractivity contribution in [2.45, 2.75) is 24.9 Å². The second-order valence-corrected chi connectivity index (χ2v) is 8.20. The quantitative estimate of drug-likeness (QED) is 0.479. The summed E-state index contributed by atoms with van der Waals surface area (Å²) >= 11 is 0. The van der Waals surface area contributed by atoms with Gasteiger partial charge in [-0.15, -0.1) is 0 Å². The van der Waals surface area contributed by atoms with Gasteiger partial charge in [-0.2, -0.15) is 18.2 Å². The molecule has 0 unspecified atom stereocenters. The molecular weight excluding hydrogens is 431 g/mol. The third-order valence-corrected chi connectivity index (χ3v) is 5.52. The van der Waals surface area contributed by atoms with Crippen molar-refractivity contribution in [1.82, 2.24) is 9.97 Å². The number of sulfonamides is 1. The fraction of sp³-hybridized carbons (Fsp3) is 0.200. The van der Waals surface area contributed by atoms with Crippen LogP contribution in [0.2, 0.25) is 0 Å². The molecule has 0 amide bonds. The second-order valence-electron chi connectivity index (χ2n) is 6.55. The zero-order valence-electron chi connectivity index (χ0n) is 16.7. The van der Waals surface area contributed by atoms with Crippen LogP contribution in [0.15, 0.2) is 59.5 Å². The molecule has 0 aliphatic heterocycles. The Bertz CT molecular complexity index is 1170. The summed E-state index contributed by atoms with van der Waals surface area (Å²) in [6, 6.07) is 11.8. The molecular formula is C20H20F3N5O2S. The predicted octanol–water partition coefficient (Wildman–Crippen LogP) is 4.78. The monoisotopic (exact) mass is 451 g/mol. The van der Waals surface area contributed by atoms with E-state index in [0.717, 1.165) is 23.9 Å². The van der Waals surface area contributed by atoms with Gasteiger partial charge in [-0.05, 0) is 50.2 Å². The molecule has 1 aromatic heterocycles. The van der Waals surface area contributed by atoms with Gasteiger partial charge in [0, 0.05) is 29.7 Å². The number of hydrogen-bond acceptors (Lipinski definition) is 6. The molecule has 0 fully saturated rings. The Morgan fingerprint density at radius 2 is 1.61 bits per heavy atom. The maximum absolute atomic E-state index is 13.2. The predicted molar refractivity (Wildman–Crippen MR) is 113 cm³/mol. The summed E-state index contributed by atoms with van der Waals surface area (Å²) in [5.41, 5.74) is 0.256. The van der Waals surface area contributed by atoms with Crippen molar-refractivity contribution in [3.8, 4) is 0 Å². The minimum absolute atomic E-state index is 0.120.